The molecule has 1 aromatic carbocycles. The van der Waals surface area contributed by atoms with E-state index < -0.39 is 17.8 Å². The van der Waals surface area contributed by atoms with Crippen molar-refractivity contribution in [3.05, 3.63) is 59.9 Å². The van der Waals surface area contributed by atoms with Crippen LogP contribution in [0.15, 0.2) is 48.8 Å². The Balaban J connectivity index is 2.20. The van der Waals surface area contributed by atoms with E-state index in [4.69, 9.17) is 10.5 Å². The molecular formula is C14H13F3N2O. The molecule has 0 fully saturated rings. The molecule has 0 aliphatic rings. The molecule has 3 nitrogen and oxygen atoms in total. The van der Waals surface area contributed by atoms with Crippen LogP contribution in [0, 0.1) is 0 Å². The number of rotatable bonds is 4. The molecule has 2 rings (SSSR count). The monoisotopic (exact) mass is 282 g/mol. The Bertz CT molecular complexity index is 558. The van der Waals surface area contributed by atoms with Crippen LogP contribution in [-0.4, -0.2) is 11.5 Å². The number of hydrogen-bond donors (Lipinski definition) is 1. The number of nitrogens with two attached hydrogens (primary N) is 1. The smallest absolute Gasteiger partial charge is 0.416 e. The van der Waals surface area contributed by atoms with E-state index >= 15 is 0 Å². The lowest BCUT2D eigenvalue weighted by Gasteiger charge is -2.18. The van der Waals surface area contributed by atoms with Crippen LogP contribution >= 0.6 is 0 Å². The Labute approximate surface area is 114 Å². The van der Waals surface area contributed by atoms with E-state index in [1.54, 1.807) is 24.5 Å². The number of hydrogen-bond acceptors (Lipinski definition) is 3. The molecule has 1 heterocycles. The number of nitrogens with zero attached hydrogens (tertiary/aromatic N) is 1. The SMILES string of the molecule is NCC(Oc1cccc(C(F)(F)F)c1)c1cccnc1. The Kier molecular flexibility index (Phi) is 4.24. The van der Waals surface area contributed by atoms with Gasteiger partial charge < -0.3 is 10.5 Å². The van der Waals surface area contributed by atoms with Gasteiger partial charge in [-0.05, 0) is 24.3 Å². The summed E-state index contributed by atoms with van der Waals surface area (Å²) in [6.07, 6.45) is -1.76. The molecule has 0 aliphatic carbocycles. The molecule has 0 bridgehead atoms. The zero-order valence-corrected chi connectivity index (χ0v) is 10.5. The van der Waals surface area contributed by atoms with Crippen LogP contribution in [0.2, 0.25) is 0 Å². The van der Waals surface area contributed by atoms with E-state index in [0.29, 0.717) is 5.56 Å². The van der Waals surface area contributed by atoms with E-state index in [9.17, 15) is 13.2 Å². The molecule has 0 radical (unpaired) electrons. The van der Waals surface area contributed by atoms with Crippen LogP contribution in [0.4, 0.5) is 13.2 Å². The number of alkyl halides is 3. The van der Waals surface area contributed by atoms with Gasteiger partial charge in [-0.25, -0.2) is 0 Å². The summed E-state index contributed by atoms with van der Waals surface area (Å²) < 4.78 is 43.4. The average Bonchev–Trinajstić information content (AvgIpc) is 2.45. The summed E-state index contributed by atoms with van der Waals surface area (Å²) >= 11 is 0. The molecule has 1 aromatic heterocycles. The van der Waals surface area contributed by atoms with Crippen molar-refractivity contribution in [3.8, 4) is 5.75 Å². The van der Waals surface area contributed by atoms with Crippen molar-refractivity contribution in [2.45, 2.75) is 12.3 Å². The summed E-state index contributed by atoms with van der Waals surface area (Å²) in [5, 5.41) is 0. The Morgan fingerprint density at radius 1 is 1.20 bits per heavy atom. The van der Waals surface area contributed by atoms with Crippen molar-refractivity contribution in [1.82, 2.24) is 4.98 Å². The van der Waals surface area contributed by atoms with Crippen LogP contribution in [0.3, 0.4) is 0 Å². The first-order valence-electron chi connectivity index (χ1n) is 5.94. The van der Waals surface area contributed by atoms with Crippen LogP contribution in [0.25, 0.3) is 0 Å². The van der Waals surface area contributed by atoms with Crippen LogP contribution in [0.1, 0.15) is 17.2 Å². The first-order valence-corrected chi connectivity index (χ1v) is 5.94. The normalized spacial score (nSPS) is 13.0. The van der Waals surface area contributed by atoms with Crippen LogP contribution in [0.5, 0.6) is 5.75 Å². The van der Waals surface area contributed by atoms with Gasteiger partial charge in [0.1, 0.15) is 11.9 Å². The largest absolute Gasteiger partial charge is 0.484 e. The lowest BCUT2D eigenvalue weighted by Crippen LogP contribution is -2.18. The molecule has 0 amide bonds. The molecule has 2 N–H and O–H groups in total. The Morgan fingerprint density at radius 3 is 2.60 bits per heavy atom. The summed E-state index contributed by atoms with van der Waals surface area (Å²) in [7, 11) is 0. The van der Waals surface area contributed by atoms with Gasteiger partial charge in [0.2, 0.25) is 0 Å². The molecule has 1 unspecified atom stereocenters. The molecule has 0 aliphatic heterocycles. The van der Waals surface area contributed by atoms with Crippen molar-refractivity contribution in [1.29, 1.82) is 0 Å². The summed E-state index contributed by atoms with van der Waals surface area (Å²) in [5.74, 6) is 0.124. The molecule has 106 valence electrons. The maximum atomic E-state index is 12.6. The van der Waals surface area contributed by atoms with Gasteiger partial charge in [0.05, 0.1) is 5.56 Å². The summed E-state index contributed by atoms with van der Waals surface area (Å²) in [6.45, 7) is 0.141. The van der Waals surface area contributed by atoms with E-state index in [1.165, 1.54) is 12.1 Å². The minimum Gasteiger partial charge on any atom is -0.484 e. The van der Waals surface area contributed by atoms with Gasteiger partial charge in [0.15, 0.2) is 0 Å². The van der Waals surface area contributed by atoms with E-state index in [1.807, 2.05) is 0 Å². The average molecular weight is 282 g/mol. The van der Waals surface area contributed by atoms with Gasteiger partial charge >= 0.3 is 6.18 Å². The minimum atomic E-state index is -4.40. The number of ether oxygens (including phenoxy) is 1. The third kappa shape index (κ3) is 3.48. The first kappa shape index (κ1) is 14.3. The highest BCUT2D eigenvalue weighted by Crippen LogP contribution is 2.32. The predicted molar refractivity (Wildman–Crippen MR) is 68.1 cm³/mol. The highest BCUT2D eigenvalue weighted by Gasteiger charge is 2.30. The standard InChI is InChI=1S/C14H13F3N2O/c15-14(16,17)11-4-1-5-12(7-11)20-13(8-18)10-3-2-6-19-9-10/h1-7,9,13H,8,18H2. The molecule has 1 atom stereocenters. The number of benzene rings is 1. The highest BCUT2D eigenvalue weighted by molar-refractivity contribution is 5.31. The quantitative estimate of drug-likeness (QED) is 0.937. The fourth-order valence-electron chi connectivity index (χ4n) is 1.73. The second-order valence-corrected chi connectivity index (χ2v) is 4.15. The number of halogens is 3. The molecule has 6 heteroatoms. The van der Waals surface area contributed by atoms with Crippen molar-refractivity contribution in [2.75, 3.05) is 6.54 Å². The summed E-state index contributed by atoms with van der Waals surface area (Å²) in [6, 6.07) is 8.20. The third-order valence-electron chi connectivity index (χ3n) is 2.71. The zero-order chi connectivity index (χ0) is 14.6. The summed E-state index contributed by atoms with van der Waals surface area (Å²) in [5.41, 5.74) is 5.56. The highest BCUT2D eigenvalue weighted by atomic mass is 19.4. The van der Waals surface area contributed by atoms with Gasteiger partial charge in [-0.3, -0.25) is 4.98 Å². The Morgan fingerprint density at radius 2 is 2.00 bits per heavy atom. The lowest BCUT2D eigenvalue weighted by atomic mass is 10.1. The maximum absolute atomic E-state index is 12.6. The van der Waals surface area contributed by atoms with Crippen LogP contribution in [-0.2, 0) is 6.18 Å². The first-order chi connectivity index (χ1) is 9.50. The van der Waals surface area contributed by atoms with Gasteiger partial charge in [-0.1, -0.05) is 12.1 Å². The third-order valence-corrected chi connectivity index (χ3v) is 2.71. The molecule has 2 aromatic rings. The lowest BCUT2D eigenvalue weighted by molar-refractivity contribution is -0.137. The second kappa shape index (κ2) is 5.92. The number of aromatic nitrogens is 1. The summed E-state index contributed by atoms with van der Waals surface area (Å²) in [4.78, 5) is 3.94. The molecule has 0 spiro atoms. The Hall–Kier alpha value is -2.08. The fraction of sp³-hybridized carbons (Fsp3) is 0.214. The van der Waals surface area contributed by atoms with E-state index in [0.717, 1.165) is 12.1 Å². The molecule has 20 heavy (non-hydrogen) atoms. The molecule has 0 saturated heterocycles. The van der Waals surface area contributed by atoms with Crippen molar-refractivity contribution < 1.29 is 17.9 Å². The maximum Gasteiger partial charge on any atom is 0.416 e. The van der Waals surface area contributed by atoms with Crippen LogP contribution < -0.4 is 10.5 Å². The minimum absolute atomic E-state index is 0.124. The van der Waals surface area contributed by atoms with Crippen molar-refractivity contribution in [2.24, 2.45) is 5.73 Å². The molecular weight excluding hydrogens is 269 g/mol. The predicted octanol–water partition coefficient (Wildman–Crippen LogP) is 3.18. The van der Waals surface area contributed by atoms with Crippen molar-refractivity contribution in [3.63, 3.8) is 0 Å². The van der Waals surface area contributed by atoms with E-state index in [-0.39, 0.29) is 12.3 Å². The van der Waals surface area contributed by atoms with Gasteiger partial charge in [-0.15, -0.1) is 0 Å². The zero-order valence-electron chi connectivity index (χ0n) is 10.5. The van der Waals surface area contributed by atoms with Gasteiger partial charge in [0, 0.05) is 24.5 Å². The van der Waals surface area contributed by atoms with Gasteiger partial charge in [-0.2, -0.15) is 13.2 Å². The van der Waals surface area contributed by atoms with Gasteiger partial charge in [0.25, 0.3) is 0 Å². The number of pyridine rings is 1. The van der Waals surface area contributed by atoms with E-state index in [2.05, 4.69) is 4.98 Å². The fourth-order valence-corrected chi connectivity index (χ4v) is 1.73. The second-order valence-electron chi connectivity index (χ2n) is 4.15. The topological polar surface area (TPSA) is 48.1 Å². The van der Waals surface area contributed by atoms with Crippen molar-refractivity contribution >= 4 is 0 Å². The molecule has 0 saturated carbocycles.